The van der Waals surface area contributed by atoms with Crippen LogP contribution >= 0.6 is 11.6 Å². The van der Waals surface area contributed by atoms with E-state index in [-0.39, 0.29) is 5.91 Å². The zero-order valence-electron chi connectivity index (χ0n) is 9.57. The van der Waals surface area contributed by atoms with Crippen LogP contribution in [-0.4, -0.2) is 15.7 Å². The van der Waals surface area contributed by atoms with Gasteiger partial charge in [-0.15, -0.1) is 0 Å². The van der Waals surface area contributed by atoms with E-state index in [2.05, 4.69) is 10.4 Å². The quantitative estimate of drug-likeness (QED) is 0.889. The molecular formula is C12H12ClN3O. The summed E-state index contributed by atoms with van der Waals surface area (Å²) < 4.78 is 1.53. The van der Waals surface area contributed by atoms with E-state index in [1.807, 2.05) is 6.92 Å². The van der Waals surface area contributed by atoms with Crippen LogP contribution in [0.1, 0.15) is 16.1 Å². The van der Waals surface area contributed by atoms with Crippen molar-refractivity contribution in [3.63, 3.8) is 0 Å². The number of benzene rings is 1. The minimum atomic E-state index is -0.185. The van der Waals surface area contributed by atoms with E-state index in [1.165, 1.54) is 4.68 Å². The normalized spacial score (nSPS) is 10.3. The molecule has 2 rings (SSSR count). The van der Waals surface area contributed by atoms with Gasteiger partial charge in [0, 0.05) is 24.0 Å². The summed E-state index contributed by atoms with van der Waals surface area (Å²) in [4.78, 5) is 11.9. The standard InChI is InChI=1S/C12H12ClN3O/c1-8-7-9(13)3-4-10(8)15-12(17)11-5-6-14-16(11)2/h3-7H,1-2H3,(H,15,17). The second-order valence-corrected chi connectivity index (χ2v) is 4.19. The third-order valence-corrected chi connectivity index (χ3v) is 2.73. The predicted molar refractivity (Wildman–Crippen MR) is 67.4 cm³/mol. The molecule has 17 heavy (non-hydrogen) atoms. The van der Waals surface area contributed by atoms with Gasteiger partial charge in [0.25, 0.3) is 5.91 Å². The van der Waals surface area contributed by atoms with Crippen LogP contribution < -0.4 is 5.32 Å². The van der Waals surface area contributed by atoms with Crippen molar-refractivity contribution < 1.29 is 4.79 Å². The van der Waals surface area contributed by atoms with Crippen LogP contribution in [0.25, 0.3) is 0 Å². The maximum atomic E-state index is 11.9. The average Bonchev–Trinajstić information content (AvgIpc) is 2.68. The van der Waals surface area contributed by atoms with Gasteiger partial charge in [-0.2, -0.15) is 5.10 Å². The summed E-state index contributed by atoms with van der Waals surface area (Å²) in [6.07, 6.45) is 1.59. The average molecular weight is 250 g/mol. The van der Waals surface area contributed by atoms with Crippen molar-refractivity contribution >= 4 is 23.2 Å². The van der Waals surface area contributed by atoms with Gasteiger partial charge < -0.3 is 5.32 Å². The first-order chi connectivity index (χ1) is 8.08. The molecule has 0 bridgehead atoms. The van der Waals surface area contributed by atoms with Crippen LogP contribution in [0.4, 0.5) is 5.69 Å². The van der Waals surface area contributed by atoms with E-state index in [0.717, 1.165) is 11.3 Å². The number of nitrogens with one attached hydrogen (secondary N) is 1. The van der Waals surface area contributed by atoms with Gasteiger partial charge >= 0.3 is 0 Å². The van der Waals surface area contributed by atoms with Crippen molar-refractivity contribution in [2.24, 2.45) is 7.05 Å². The SMILES string of the molecule is Cc1cc(Cl)ccc1NC(=O)c1ccnn1C. The minimum absolute atomic E-state index is 0.185. The van der Waals surface area contributed by atoms with Crippen molar-refractivity contribution in [2.45, 2.75) is 6.92 Å². The van der Waals surface area contributed by atoms with E-state index in [4.69, 9.17) is 11.6 Å². The molecule has 0 unspecified atom stereocenters. The minimum Gasteiger partial charge on any atom is -0.320 e. The maximum absolute atomic E-state index is 11.9. The molecule has 1 aromatic carbocycles. The van der Waals surface area contributed by atoms with Crippen molar-refractivity contribution in [2.75, 3.05) is 5.32 Å². The van der Waals surface area contributed by atoms with Gasteiger partial charge in [0.15, 0.2) is 0 Å². The van der Waals surface area contributed by atoms with Gasteiger partial charge in [0.2, 0.25) is 0 Å². The first kappa shape index (κ1) is 11.7. The molecule has 1 N–H and O–H groups in total. The highest BCUT2D eigenvalue weighted by atomic mass is 35.5. The lowest BCUT2D eigenvalue weighted by Gasteiger charge is -2.08. The Balaban J connectivity index is 2.22. The summed E-state index contributed by atoms with van der Waals surface area (Å²) in [5.41, 5.74) is 2.19. The Morgan fingerprint density at radius 1 is 1.41 bits per heavy atom. The number of halogens is 1. The molecule has 2 aromatic rings. The first-order valence-electron chi connectivity index (χ1n) is 5.13. The molecule has 0 aliphatic carbocycles. The number of amides is 1. The van der Waals surface area contributed by atoms with Crippen LogP contribution in [-0.2, 0) is 7.05 Å². The maximum Gasteiger partial charge on any atom is 0.273 e. The molecular weight excluding hydrogens is 238 g/mol. The molecule has 1 amide bonds. The number of anilines is 1. The Labute approximate surface area is 104 Å². The Hall–Kier alpha value is -1.81. The highest BCUT2D eigenvalue weighted by molar-refractivity contribution is 6.30. The zero-order valence-corrected chi connectivity index (χ0v) is 10.3. The number of hydrogen-bond acceptors (Lipinski definition) is 2. The molecule has 0 saturated carbocycles. The summed E-state index contributed by atoms with van der Waals surface area (Å²) in [7, 11) is 1.73. The summed E-state index contributed by atoms with van der Waals surface area (Å²) in [6, 6.07) is 7.00. The topological polar surface area (TPSA) is 46.9 Å². The van der Waals surface area contributed by atoms with E-state index in [9.17, 15) is 4.79 Å². The van der Waals surface area contributed by atoms with Crippen LogP contribution in [0.3, 0.4) is 0 Å². The van der Waals surface area contributed by atoms with Crippen molar-refractivity contribution in [3.8, 4) is 0 Å². The number of aromatic nitrogens is 2. The van der Waals surface area contributed by atoms with Gasteiger partial charge in [0.05, 0.1) is 0 Å². The number of aryl methyl sites for hydroxylation is 2. The lowest BCUT2D eigenvalue weighted by atomic mass is 10.2. The number of carbonyl (C=O) groups excluding carboxylic acids is 1. The second-order valence-electron chi connectivity index (χ2n) is 3.75. The van der Waals surface area contributed by atoms with Gasteiger partial charge in [-0.05, 0) is 36.8 Å². The zero-order chi connectivity index (χ0) is 12.4. The van der Waals surface area contributed by atoms with Crippen LogP contribution in [0.2, 0.25) is 5.02 Å². The fourth-order valence-electron chi connectivity index (χ4n) is 1.55. The monoisotopic (exact) mass is 249 g/mol. The highest BCUT2D eigenvalue weighted by Gasteiger charge is 2.11. The smallest absolute Gasteiger partial charge is 0.273 e. The molecule has 0 spiro atoms. The Morgan fingerprint density at radius 2 is 2.18 bits per heavy atom. The van der Waals surface area contributed by atoms with Gasteiger partial charge in [-0.1, -0.05) is 11.6 Å². The molecule has 1 heterocycles. The van der Waals surface area contributed by atoms with Gasteiger partial charge in [-0.3, -0.25) is 9.48 Å². The largest absolute Gasteiger partial charge is 0.320 e. The first-order valence-corrected chi connectivity index (χ1v) is 5.51. The van der Waals surface area contributed by atoms with Crippen LogP contribution in [0.5, 0.6) is 0 Å². The molecule has 0 aliphatic heterocycles. The third-order valence-electron chi connectivity index (χ3n) is 2.49. The van der Waals surface area contributed by atoms with E-state index in [0.29, 0.717) is 10.7 Å². The van der Waals surface area contributed by atoms with E-state index < -0.39 is 0 Å². The number of rotatable bonds is 2. The molecule has 0 aliphatic rings. The summed E-state index contributed by atoms with van der Waals surface area (Å²) >= 11 is 5.85. The fraction of sp³-hybridized carbons (Fsp3) is 0.167. The van der Waals surface area contributed by atoms with Crippen molar-refractivity contribution in [3.05, 3.63) is 46.7 Å². The number of hydrogen-bond donors (Lipinski definition) is 1. The Morgan fingerprint density at radius 3 is 2.76 bits per heavy atom. The molecule has 4 nitrogen and oxygen atoms in total. The Kier molecular flexibility index (Phi) is 3.15. The second kappa shape index (κ2) is 4.59. The number of nitrogens with zero attached hydrogens (tertiary/aromatic N) is 2. The van der Waals surface area contributed by atoms with Crippen molar-refractivity contribution in [1.29, 1.82) is 0 Å². The molecule has 0 saturated heterocycles. The molecule has 88 valence electrons. The summed E-state index contributed by atoms with van der Waals surface area (Å²) in [5.74, 6) is -0.185. The van der Waals surface area contributed by atoms with Gasteiger partial charge in [0.1, 0.15) is 5.69 Å². The molecule has 0 radical (unpaired) electrons. The van der Waals surface area contributed by atoms with Gasteiger partial charge in [-0.25, -0.2) is 0 Å². The third kappa shape index (κ3) is 2.47. The fourth-order valence-corrected chi connectivity index (χ4v) is 1.78. The lowest BCUT2D eigenvalue weighted by molar-refractivity contribution is 0.101. The summed E-state index contributed by atoms with van der Waals surface area (Å²) in [5, 5.41) is 7.43. The van der Waals surface area contributed by atoms with Crippen LogP contribution in [0, 0.1) is 6.92 Å². The number of carbonyl (C=O) groups is 1. The van der Waals surface area contributed by atoms with E-state index in [1.54, 1.807) is 37.5 Å². The Bertz CT molecular complexity index is 563. The molecule has 0 fully saturated rings. The molecule has 5 heteroatoms. The predicted octanol–water partition coefficient (Wildman–Crippen LogP) is 2.63. The molecule has 1 aromatic heterocycles. The molecule has 0 atom stereocenters. The van der Waals surface area contributed by atoms with E-state index >= 15 is 0 Å². The van der Waals surface area contributed by atoms with Crippen molar-refractivity contribution in [1.82, 2.24) is 9.78 Å². The van der Waals surface area contributed by atoms with Crippen LogP contribution in [0.15, 0.2) is 30.5 Å². The highest BCUT2D eigenvalue weighted by Crippen LogP contribution is 2.20. The lowest BCUT2D eigenvalue weighted by Crippen LogP contribution is -2.16. The summed E-state index contributed by atoms with van der Waals surface area (Å²) in [6.45, 7) is 1.89.